The van der Waals surface area contributed by atoms with Crippen LogP contribution in [0, 0.1) is 5.92 Å². The standard InChI is InChI=1S/C17H19ClN2O/c1-11-7-8-20(12(2)9-11)17(21)15-10-19-16(18)14-6-4-3-5-13(14)15/h3-6,10-12H,7-9H2,1-2H3. The molecular weight excluding hydrogens is 284 g/mol. The Morgan fingerprint density at radius 2 is 2.00 bits per heavy atom. The molecule has 21 heavy (non-hydrogen) atoms. The van der Waals surface area contributed by atoms with E-state index in [0.29, 0.717) is 16.6 Å². The molecule has 1 amide bonds. The first-order valence-corrected chi connectivity index (χ1v) is 7.80. The average Bonchev–Trinajstić information content (AvgIpc) is 2.47. The molecular formula is C17H19ClN2O. The van der Waals surface area contributed by atoms with Gasteiger partial charge in [-0.2, -0.15) is 0 Å². The lowest BCUT2D eigenvalue weighted by Crippen LogP contribution is -2.44. The molecule has 2 atom stereocenters. The summed E-state index contributed by atoms with van der Waals surface area (Å²) in [4.78, 5) is 19.0. The number of fused-ring (bicyclic) bond motifs is 1. The van der Waals surface area contributed by atoms with E-state index in [1.807, 2.05) is 29.2 Å². The second-order valence-electron chi connectivity index (χ2n) is 5.99. The maximum Gasteiger partial charge on any atom is 0.256 e. The molecule has 1 saturated heterocycles. The fourth-order valence-electron chi connectivity index (χ4n) is 3.19. The Bertz CT molecular complexity index is 686. The Balaban J connectivity index is 2.01. The van der Waals surface area contributed by atoms with Crippen molar-refractivity contribution in [2.75, 3.05) is 6.54 Å². The highest BCUT2D eigenvalue weighted by Crippen LogP contribution is 2.28. The van der Waals surface area contributed by atoms with Crippen LogP contribution in [-0.4, -0.2) is 28.4 Å². The van der Waals surface area contributed by atoms with Crippen molar-refractivity contribution in [3.05, 3.63) is 41.2 Å². The number of carbonyl (C=O) groups excluding carboxylic acids is 1. The third kappa shape index (κ3) is 2.62. The Morgan fingerprint density at radius 1 is 1.29 bits per heavy atom. The van der Waals surface area contributed by atoms with E-state index in [2.05, 4.69) is 18.8 Å². The molecule has 3 rings (SSSR count). The number of hydrogen-bond acceptors (Lipinski definition) is 2. The molecule has 2 aromatic rings. The van der Waals surface area contributed by atoms with Gasteiger partial charge in [-0.1, -0.05) is 42.8 Å². The Morgan fingerprint density at radius 3 is 2.71 bits per heavy atom. The van der Waals surface area contributed by atoms with Crippen LogP contribution < -0.4 is 0 Å². The van der Waals surface area contributed by atoms with E-state index in [4.69, 9.17) is 11.6 Å². The maximum absolute atomic E-state index is 12.9. The van der Waals surface area contributed by atoms with Crippen LogP contribution in [0.3, 0.4) is 0 Å². The van der Waals surface area contributed by atoms with Crippen LogP contribution >= 0.6 is 11.6 Å². The molecule has 110 valence electrons. The summed E-state index contributed by atoms with van der Waals surface area (Å²) in [5, 5.41) is 2.17. The second kappa shape index (κ2) is 5.64. The largest absolute Gasteiger partial charge is 0.336 e. The quantitative estimate of drug-likeness (QED) is 0.741. The number of hydrogen-bond donors (Lipinski definition) is 0. The van der Waals surface area contributed by atoms with Gasteiger partial charge in [-0.05, 0) is 31.1 Å². The van der Waals surface area contributed by atoms with Crippen LogP contribution in [-0.2, 0) is 0 Å². The molecule has 0 spiro atoms. The zero-order chi connectivity index (χ0) is 15.0. The Hall–Kier alpha value is -1.61. The van der Waals surface area contributed by atoms with Crippen molar-refractivity contribution >= 4 is 28.3 Å². The van der Waals surface area contributed by atoms with Gasteiger partial charge in [-0.25, -0.2) is 4.98 Å². The maximum atomic E-state index is 12.9. The number of likely N-dealkylation sites (tertiary alicyclic amines) is 1. The van der Waals surface area contributed by atoms with E-state index in [-0.39, 0.29) is 11.9 Å². The molecule has 3 nitrogen and oxygen atoms in total. The van der Waals surface area contributed by atoms with Crippen molar-refractivity contribution in [3.8, 4) is 0 Å². The molecule has 2 unspecified atom stereocenters. The predicted molar refractivity (Wildman–Crippen MR) is 85.6 cm³/mol. The van der Waals surface area contributed by atoms with Gasteiger partial charge >= 0.3 is 0 Å². The molecule has 0 aliphatic carbocycles. The summed E-state index contributed by atoms with van der Waals surface area (Å²) < 4.78 is 0. The van der Waals surface area contributed by atoms with Crippen LogP contribution in [0.5, 0.6) is 0 Å². The molecule has 0 N–H and O–H groups in total. The smallest absolute Gasteiger partial charge is 0.256 e. The number of rotatable bonds is 1. The van der Waals surface area contributed by atoms with E-state index in [1.54, 1.807) is 6.20 Å². The van der Waals surface area contributed by atoms with Gasteiger partial charge in [0, 0.05) is 24.2 Å². The van der Waals surface area contributed by atoms with Gasteiger partial charge in [-0.15, -0.1) is 0 Å². The molecule has 0 radical (unpaired) electrons. The van der Waals surface area contributed by atoms with Crippen molar-refractivity contribution in [2.24, 2.45) is 5.92 Å². The van der Waals surface area contributed by atoms with Crippen molar-refractivity contribution in [1.82, 2.24) is 9.88 Å². The number of halogens is 1. The number of carbonyl (C=O) groups is 1. The van der Waals surface area contributed by atoms with Crippen molar-refractivity contribution in [3.63, 3.8) is 0 Å². The van der Waals surface area contributed by atoms with Crippen LogP contribution in [0.4, 0.5) is 0 Å². The average molecular weight is 303 g/mol. The molecule has 1 aliphatic rings. The van der Waals surface area contributed by atoms with Gasteiger partial charge in [0.25, 0.3) is 5.91 Å². The van der Waals surface area contributed by atoms with Gasteiger partial charge in [0.05, 0.1) is 5.56 Å². The molecule has 4 heteroatoms. The number of piperidine rings is 1. The molecule has 2 heterocycles. The molecule has 1 aromatic carbocycles. The highest BCUT2D eigenvalue weighted by molar-refractivity contribution is 6.34. The first-order valence-electron chi connectivity index (χ1n) is 7.42. The highest BCUT2D eigenvalue weighted by Gasteiger charge is 2.28. The summed E-state index contributed by atoms with van der Waals surface area (Å²) in [5.41, 5.74) is 0.649. The molecule has 1 aromatic heterocycles. The fourth-order valence-corrected chi connectivity index (χ4v) is 3.41. The van der Waals surface area contributed by atoms with E-state index in [9.17, 15) is 4.79 Å². The summed E-state index contributed by atoms with van der Waals surface area (Å²) >= 11 is 6.13. The number of benzene rings is 1. The first-order chi connectivity index (χ1) is 10.1. The SMILES string of the molecule is CC1CCN(C(=O)c2cnc(Cl)c3ccccc23)C(C)C1. The van der Waals surface area contributed by atoms with Gasteiger partial charge in [0.2, 0.25) is 0 Å². The number of amides is 1. The third-order valence-electron chi connectivity index (χ3n) is 4.38. The van der Waals surface area contributed by atoms with E-state index in [0.717, 1.165) is 30.2 Å². The van der Waals surface area contributed by atoms with E-state index >= 15 is 0 Å². The molecule has 0 saturated carbocycles. The van der Waals surface area contributed by atoms with E-state index in [1.165, 1.54) is 0 Å². The van der Waals surface area contributed by atoms with Crippen molar-refractivity contribution < 1.29 is 4.79 Å². The van der Waals surface area contributed by atoms with Gasteiger partial charge in [-0.3, -0.25) is 4.79 Å². The molecule has 1 fully saturated rings. The fraction of sp³-hybridized carbons (Fsp3) is 0.412. The van der Waals surface area contributed by atoms with Gasteiger partial charge in [0.1, 0.15) is 5.15 Å². The van der Waals surface area contributed by atoms with Crippen LogP contribution in [0.15, 0.2) is 30.5 Å². The minimum absolute atomic E-state index is 0.0646. The monoisotopic (exact) mass is 302 g/mol. The summed E-state index contributed by atoms with van der Waals surface area (Å²) in [5.74, 6) is 0.749. The molecule has 1 aliphatic heterocycles. The summed E-state index contributed by atoms with van der Waals surface area (Å²) in [7, 11) is 0. The Labute approximate surface area is 129 Å². The first kappa shape index (κ1) is 14.3. The number of nitrogens with zero attached hydrogens (tertiary/aromatic N) is 2. The van der Waals surface area contributed by atoms with Crippen molar-refractivity contribution in [1.29, 1.82) is 0 Å². The minimum Gasteiger partial charge on any atom is -0.336 e. The summed E-state index contributed by atoms with van der Waals surface area (Å²) in [6.45, 7) is 5.19. The van der Waals surface area contributed by atoms with Crippen LogP contribution in [0.25, 0.3) is 10.8 Å². The summed E-state index contributed by atoms with van der Waals surface area (Å²) in [6.07, 6.45) is 3.73. The Kier molecular flexibility index (Phi) is 3.85. The zero-order valence-corrected chi connectivity index (χ0v) is 13.1. The normalized spacial score (nSPS) is 22.5. The lowest BCUT2D eigenvalue weighted by Gasteiger charge is -2.36. The topological polar surface area (TPSA) is 33.2 Å². The van der Waals surface area contributed by atoms with Crippen LogP contribution in [0.2, 0.25) is 5.15 Å². The third-order valence-corrected chi connectivity index (χ3v) is 4.68. The zero-order valence-electron chi connectivity index (χ0n) is 12.3. The lowest BCUT2D eigenvalue weighted by molar-refractivity contribution is 0.0590. The van der Waals surface area contributed by atoms with Gasteiger partial charge < -0.3 is 4.90 Å². The number of aromatic nitrogens is 1. The lowest BCUT2D eigenvalue weighted by atomic mass is 9.92. The predicted octanol–water partition coefficient (Wildman–Crippen LogP) is 4.15. The van der Waals surface area contributed by atoms with Gasteiger partial charge in [0.15, 0.2) is 0 Å². The number of pyridine rings is 1. The highest BCUT2D eigenvalue weighted by atomic mass is 35.5. The molecule has 0 bridgehead atoms. The van der Waals surface area contributed by atoms with Crippen LogP contribution in [0.1, 0.15) is 37.0 Å². The minimum atomic E-state index is 0.0646. The second-order valence-corrected chi connectivity index (χ2v) is 6.34. The summed E-state index contributed by atoms with van der Waals surface area (Å²) in [6, 6.07) is 7.96. The van der Waals surface area contributed by atoms with Crippen molar-refractivity contribution in [2.45, 2.75) is 32.7 Å². The van der Waals surface area contributed by atoms with E-state index < -0.39 is 0 Å².